The van der Waals surface area contributed by atoms with Gasteiger partial charge in [-0.2, -0.15) is 0 Å². The first kappa shape index (κ1) is 14.1. The van der Waals surface area contributed by atoms with E-state index in [0.29, 0.717) is 5.56 Å². The van der Waals surface area contributed by atoms with Crippen molar-refractivity contribution in [3.8, 4) is 5.69 Å². The SMILES string of the molecule is CC(NC(=O)c1cccc(-n2cccc2)c1)c1ccncc1. The number of aromatic nitrogens is 2. The first-order chi connectivity index (χ1) is 10.7. The monoisotopic (exact) mass is 291 g/mol. The Morgan fingerprint density at radius 3 is 2.55 bits per heavy atom. The van der Waals surface area contributed by atoms with Gasteiger partial charge in [0.2, 0.25) is 0 Å². The molecule has 1 amide bonds. The molecule has 0 radical (unpaired) electrons. The molecule has 0 fully saturated rings. The van der Waals surface area contributed by atoms with Crippen LogP contribution in [0.15, 0.2) is 73.3 Å². The summed E-state index contributed by atoms with van der Waals surface area (Å²) >= 11 is 0. The van der Waals surface area contributed by atoms with Crippen LogP contribution in [0.4, 0.5) is 0 Å². The lowest BCUT2D eigenvalue weighted by Crippen LogP contribution is -2.26. The minimum Gasteiger partial charge on any atom is -0.346 e. The number of pyridine rings is 1. The van der Waals surface area contributed by atoms with Crippen molar-refractivity contribution in [3.05, 3.63) is 84.4 Å². The Balaban J connectivity index is 1.77. The predicted molar refractivity (Wildman–Crippen MR) is 85.9 cm³/mol. The van der Waals surface area contributed by atoms with E-state index >= 15 is 0 Å². The van der Waals surface area contributed by atoms with Gasteiger partial charge in [-0.25, -0.2) is 0 Å². The zero-order chi connectivity index (χ0) is 15.4. The van der Waals surface area contributed by atoms with Crippen molar-refractivity contribution in [2.45, 2.75) is 13.0 Å². The van der Waals surface area contributed by atoms with Crippen LogP contribution in [0.3, 0.4) is 0 Å². The van der Waals surface area contributed by atoms with Gasteiger partial charge in [-0.1, -0.05) is 6.07 Å². The van der Waals surface area contributed by atoms with Crippen molar-refractivity contribution in [2.24, 2.45) is 0 Å². The summed E-state index contributed by atoms with van der Waals surface area (Å²) in [5.41, 5.74) is 2.64. The van der Waals surface area contributed by atoms with E-state index in [-0.39, 0.29) is 11.9 Å². The molecule has 1 unspecified atom stereocenters. The van der Waals surface area contributed by atoms with Gasteiger partial charge in [0, 0.05) is 36.0 Å². The fourth-order valence-electron chi connectivity index (χ4n) is 2.33. The molecule has 2 heterocycles. The molecular weight excluding hydrogens is 274 g/mol. The summed E-state index contributed by atoms with van der Waals surface area (Å²) in [6, 6.07) is 15.2. The van der Waals surface area contributed by atoms with Crippen LogP contribution in [-0.4, -0.2) is 15.5 Å². The molecule has 4 nitrogen and oxygen atoms in total. The third kappa shape index (κ3) is 3.06. The second-order valence-electron chi connectivity index (χ2n) is 5.12. The molecule has 3 rings (SSSR count). The fourth-order valence-corrected chi connectivity index (χ4v) is 2.33. The number of hydrogen-bond acceptors (Lipinski definition) is 2. The highest BCUT2D eigenvalue weighted by Gasteiger charge is 2.11. The number of hydrogen-bond donors (Lipinski definition) is 1. The highest BCUT2D eigenvalue weighted by molar-refractivity contribution is 5.95. The minimum absolute atomic E-state index is 0.0641. The molecule has 0 aliphatic heterocycles. The Bertz CT molecular complexity index is 751. The summed E-state index contributed by atoms with van der Waals surface area (Å²) in [5.74, 6) is -0.0849. The standard InChI is InChI=1S/C18H17N3O/c1-14(15-7-9-19-10-8-15)20-18(22)16-5-4-6-17(13-16)21-11-2-3-12-21/h2-14H,1H3,(H,20,22). The van der Waals surface area contributed by atoms with Gasteiger partial charge >= 0.3 is 0 Å². The molecule has 0 aliphatic carbocycles. The first-order valence-electron chi connectivity index (χ1n) is 7.18. The molecule has 0 spiro atoms. The van der Waals surface area contributed by atoms with Crippen LogP contribution < -0.4 is 5.32 Å². The van der Waals surface area contributed by atoms with Gasteiger partial charge in [-0.3, -0.25) is 9.78 Å². The molecule has 22 heavy (non-hydrogen) atoms. The second-order valence-corrected chi connectivity index (χ2v) is 5.12. The van der Waals surface area contributed by atoms with Crippen LogP contribution in [0.25, 0.3) is 5.69 Å². The molecular formula is C18H17N3O. The van der Waals surface area contributed by atoms with Crippen molar-refractivity contribution in [3.63, 3.8) is 0 Å². The zero-order valence-electron chi connectivity index (χ0n) is 12.3. The van der Waals surface area contributed by atoms with Gasteiger partial charge in [-0.15, -0.1) is 0 Å². The Kier molecular flexibility index (Phi) is 4.01. The predicted octanol–water partition coefficient (Wildman–Crippen LogP) is 3.36. The first-order valence-corrected chi connectivity index (χ1v) is 7.18. The van der Waals surface area contributed by atoms with Crippen molar-refractivity contribution in [1.29, 1.82) is 0 Å². The Hall–Kier alpha value is -2.88. The molecule has 3 aromatic rings. The Morgan fingerprint density at radius 2 is 1.82 bits per heavy atom. The number of carbonyl (C=O) groups excluding carboxylic acids is 1. The van der Waals surface area contributed by atoms with Crippen molar-refractivity contribution < 1.29 is 4.79 Å². The lowest BCUT2D eigenvalue weighted by Gasteiger charge is -2.14. The van der Waals surface area contributed by atoms with Crippen LogP contribution in [0, 0.1) is 0 Å². The van der Waals surface area contributed by atoms with Crippen molar-refractivity contribution in [2.75, 3.05) is 0 Å². The molecule has 1 N–H and O–H groups in total. The maximum Gasteiger partial charge on any atom is 0.251 e. The summed E-state index contributed by atoms with van der Waals surface area (Å²) in [7, 11) is 0. The summed E-state index contributed by atoms with van der Waals surface area (Å²) in [6.45, 7) is 1.96. The van der Waals surface area contributed by atoms with Gasteiger partial charge in [0.05, 0.1) is 6.04 Å². The van der Waals surface area contributed by atoms with Gasteiger partial charge in [0.25, 0.3) is 5.91 Å². The lowest BCUT2D eigenvalue weighted by atomic mass is 10.1. The van der Waals surface area contributed by atoms with Crippen LogP contribution in [0.2, 0.25) is 0 Å². The highest BCUT2D eigenvalue weighted by Crippen LogP contribution is 2.14. The molecule has 1 atom stereocenters. The summed E-state index contributed by atoms with van der Waals surface area (Å²) < 4.78 is 1.98. The number of carbonyl (C=O) groups is 1. The van der Waals surface area contributed by atoms with E-state index in [1.807, 2.05) is 72.4 Å². The van der Waals surface area contributed by atoms with Crippen molar-refractivity contribution >= 4 is 5.91 Å². The lowest BCUT2D eigenvalue weighted by molar-refractivity contribution is 0.0940. The highest BCUT2D eigenvalue weighted by atomic mass is 16.1. The summed E-state index contributed by atoms with van der Waals surface area (Å²) in [5, 5.41) is 3.01. The number of rotatable bonds is 4. The summed E-state index contributed by atoms with van der Waals surface area (Å²) in [6.07, 6.45) is 7.36. The van der Waals surface area contributed by atoms with Crippen LogP contribution in [0.1, 0.15) is 28.9 Å². The maximum absolute atomic E-state index is 12.4. The van der Waals surface area contributed by atoms with E-state index < -0.39 is 0 Å². The van der Waals surface area contributed by atoms with Gasteiger partial charge in [0.1, 0.15) is 0 Å². The van der Waals surface area contributed by atoms with E-state index in [4.69, 9.17) is 0 Å². The minimum atomic E-state index is -0.0849. The molecule has 0 aliphatic rings. The van der Waals surface area contributed by atoms with Gasteiger partial charge < -0.3 is 9.88 Å². The largest absolute Gasteiger partial charge is 0.346 e. The Morgan fingerprint density at radius 1 is 1.09 bits per heavy atom. The number of amides is 1. The van der Waals surface area contributed by atoms with E-state index in [1.54, 1.807) is 12.4 Å². The smallest absolute Gasteiger partial charge is 0.251 e. The topological polar surface area (TPSA) is 46.9 Å². The Labute approximate surface area is 129 Å². The van der Waals surface area contributed by atoms with E-state index in [9.17, 15) is 4.79 Å². The molecule has 2 aromatic heterocycles. The van der Waals surface area contributed by atoms with Crippen LogP contribution >= 0.6 is 0 Å². The number of nitrogens with one attached hydrogen (secondary N) is 1. The average Bonchev–Trinajstić information content (AvgIpc) is 3.10. The van der Waals surface area contributed by atoms with Gasteiger partial charge in [0.15, 0.2) is 0 Å². The molecule has 4 heteroatoms. The maximum atomic E-state index is 12.4. The van der Waals surface area contributed by atoms with E-state index in [1.165, 1.54) is 0 Å². The molecule has 0 saturated carbocycles. The van der Waals surface area contributed by atoms with Crippen LogP contribution in [-0.2, 0) is 0 Å². The van der Waals surface area contributed by atoms with Crippen molar-refractivity contribution in [1.82, 2.24) is 14.9 Å². The van der Waals surface area contributed by atoms with Gasteiger partial charge in [-0.05, 0) is 55.0 Å². The molecule has 110 valence electrons. The normalized spacial score (nSPS) is 11.9. The third-order valence-corrected chi connectivity index (χ3v) is 3.56. The second kappa shape index (κ2) is 6.26. The summed E-state index contributed by atoms with van der Waals surface area (Å²) in [4.78, 5) is 16.4. The quantitative estimate of drug-likeness (QED) is 0.801. The zero-order valence-corrected chi connectivity index (χ0v) is 12.3. The third-order valence-electron chi connectivity index (χ3n) is 3.56. The van der Waals surface area contributed by atoms with Crippen LogP contribution in [0.5, 0.6) is 0 Å². The number of benzene rings is 1. The molecule has 1 aromatic carbocycles. The average molecular weight is 291 g/mol. The fraction of sp³-hybridized carbons (Fsp3) is 0.111. The number of nitrogens with zero attached hydrogens (tertiary/aromatic N) is 2. The van der Waals surface area contributed by atoms with E-state index in [2.05, 4.69) is 10.3 Å². The molecule has 0 bridgehead atoms. The molecule has 0 saturated heterocycles. The van der Waals surface area contributed by atoms with E-state index in [0.717, 1.165) is 11.3 Å².